The molecule has 18 heavy (non-hydrogen) atoms. The van der Waals surface area contributed by atoms with Crippen LogP contribution in [0.3, 0.4) is 0 Å². The fourth-order valence-corrected chi connectivity index (χ4v) is 3.44. The molecule has 0 amide bonds. The Bertz CT molecular complexity index is 495. The number of ether oxygens (including phenoxy) is 2. The van der Waals surface area contributed by atoms with Crippen LogP contribution in [0, 0.1) is 6.92 Å². The van der Waals surface area contributed by atoms with Crippen LogP contribution in [0.15, 0.2) is 10.5 Å². The number of rotatable bonds is 2. The van der Waals surface area contributed by atoms with Crippen LogP contribution in [0.5, 0.6) is 11.5 Å². The van der Waals surface area contributed by atoms with Crippen molar-refractivity contribution in [2.24, 2.45) is 5.73 Å². The Morgan fingerprint density at radius 1 is 1.28 bits per heavy atom. The largest absolute Gasteiger partial charge is 0.486 e. The minimum Gasteiger partial charge on any atom is -0.486 e. The van der Waals surface area contributed by atoms with Crippen molar-refractivity contribution in [3.63, 3.8) is 0 Å². The highest BCUT2D eigenvalue weighted by Gasteiger charge is 2.49. The van der Waals surface area contributed by atoms with Crippen LogP contribution >= 0.6 is 15.9 Å². The van der Waals surface area contributed by atoms with Gasteiger partial charge in [0.25, 0.3) is 0 Å². The minimum atomic E-state index is 0.141. The van der Waals surface area contributed by atoms with E-state index in [0.29, 0.717) is 13.2 Å². The molecule has 2 aliphatic rings. The van der Waals surface area contributed by atoms with E-state index >= 15 is 0 Å². The zero-order valence-electron chi connectivity index (χ0n) is 10.8. The van der Waals surface area contributed by atoms with Gasteiger partial charge in [-0.1, -0.05) is 0 Å². The third-order valence-corrected chi connectivity index (χ3v) is 4.80. The maximum atomic E-state index is 6.17. The second-order valence-corrected chi connectivity index (χ2v) is 6.19. The number of hydrogen-bond acceptors (Lipinski definition) is 3. The fourth-order valence-electron chi connectivity index (χ4n) is 2.92. The van der Waals surface area contributed by atoms with Crippen molar-refractivity contribution in [1.82, 2.24) is 0 Å². The molecule has 3 nitrogen and oxygen atoms in total. The average molecular weight is 312 g/mol. The Labute approximate surface area is 116 Å². The molecule has 1 saturated carbocycles. The zero-order valence-corrected chi connectivity index (χ0v) is 12.3. The monoisotopic (exact) mass is 311 g/mol. The summed E-state index contributed by atoms with van der Waals surface area (Å²) < 4.78 is 12.4. The second-order valence-electron chi connectivity index (χ2n) is 5.33. The molecule has 0 spiro atoms. The summed E-state index contributed by atoms with van der Waals surface area (Å²) in [5.74, 6) is 1.72. The summed E-state index contributed by atoms with van der Waals surface area (Å²) in [5.41, 5.74) is 8.81. The molecular formula is C14H18BrNO2. The van der Waals surface area contributed by atoms with Gasteiger partial charge in [-0.15, -0.1) is 0 Å². The van der Waals surface area contributed by atoms with Gasteiger partial charge in [-0.25, -0.2) is 0 Å². The SMILES string of the molecule is Cc1c(C2(C(C)N)CC2)cc(Br)c2c1OCCO2. The standard InChI is InChI=1S/C14H18BrNO2/c1-8-10(14(3-4-14)9(2)16)7-11(15)13-12(8)17-5-6-18-13/h7,9H,3-6,16H2,1-2H3. The summed E-state index contributed by atoms with van der Waals surface area (Å²) in [4.78, 5) is 0. The van der Waals surface area contributed by atoms with Crippen molar-refractivity contribution >= 4 is 15.9 Å². The molecule has 0 aromatic heterocycles. The molecule has 1 heterocycles. The number of nitrogens with two attached hydrogens (primary N) is 1. The zero-order chi connectivity index (χ0) is 12.9. The predicted molar refractivity (Wildman–Crippen MR) is 74.4 cm³/mol. The first-order valence-electron chi connectivity index (χ1n) is 6.41. The highest BCUT2D eigenvalue weighted by molar-refractivity contribution is 9.10. The van der Waals surface area contributed by atoms with Gasteiger partial charge in [-0.3, -0.25) is 0 Å². The maximum Gasteiger partial charge on any atom is 0.175 e. The van der Waals surface area contributed by atoms with E-state index in [4.69, 9.17) is 15.2 Å². The summed E-state index contributed by atoms with van der Waals surface area (Å²) >= 11 is 3.59. The Morgan fingerprint density at radius 3 is 2.44 bits per heavy atom. The molecule has 1 fully saturated rings. The Hall–Kier alpha value is -0.740. The Kier molecular flexibility index (Phi) is 2.83. The lowest BCUT2D eigenvalue weighted by atomic mass is 9.86. The van der Waals surface area contributed by atoms with E-state index < -0.39 is 0 Å². The molecule has 1 aromatic carbocycles. The summed E-state index contributed by atoms with van der Waals surface area (Å²) in [6.45, 7) is 5.44. The Balaban J connectivity index is 2.15. The molecule has 1 unspecified atom stereocenters. The number of halogens is 1. The fraction of sp³-hybridized carbons (Fsp3) is 0.571. The van der Waals surface area contributed by atoms with Crippen LogP contribution in [0.2, 0.25) is 0 Å². The molecule has 0 bridgehead atoms. The van der Waals surface area contributed by atoms with Gasteiger partial charge in [0.15, 0.2) is 11.5 Å². The molecule has 1 aliphatic carbocycles. The van der Waals surface area contributed by atoms with Gasteiger partial charge < -0.3 is 15.2 Å². The number of hydrogen-bond donors (Lipinski definition) is 1. The maximum absolute atomic E-state index is 6.17. The van der Waals surface area contributed by atoms with Crippen LogP contribution in [-0.2, 0) is 5.41 Å². The molecule has 0 radical (unpaired) electrons. The lowest BCUT2D eigenvalue weighted by Crippen LogP contribution is -2.32. The van der Waals surface area contributed by atoms with E-state index in [9.17, 15) is 0 Å². The van der Waals surface area contributed by atoms with Crippen molar-refractivity contribution in [2.45, 2.75) is 38.1 Å². The van der Waals surface area contributed by atoms with Crippen LogP contribution in [0.4, 0.5) is 0 Å². The third-order valence-electron chi connectivity index (χ3n) is 4.21. The number of fused-ring (bicyclic) bond motifs is 1. The highest BCUT2D eigenvalue weighted by Crippen LogP contribution is 2.55. The van der Waals surface area contributed by atoms with Crippen LogP contribution in [0.25, 0.3) is 0 Å². The van der Waals surface area contributed by atoms with E-state index in [1.807, 2.05) is 0 Å². The van der Waals surface area contributed by atoms with Crippen LogP contribution in [-0.4, -0.2) is 19.3 Å². The molecule has 2 N–H and O–H groups in total. The topological polar surface area (TPSA) is 44.5 Å². The van der Waals surface area contributed by atoms with E-state index in [0.717, 1.165) is 28.8 Å². The first-order chi connectivity index (χ1) is 8.56. The first-order valence-corrected chi connectivity index (χ1v) is 7.20. The van der Waals surface area contributed by atoms with Gasteiger partial charge in [0.2, 0.25) is 0 Å². The normalized spacial score (nSPS) is 21.6. The number of benzene rings is 1. The van der Waals surface area contributed by atoms with Crippen LogP contribution < -0.4 is 15.2 Å². The van der Waals surface area contributed by atoms with Gasteiger partial charge in [0.05, 0.1) is 4.47 Å². The van der Waals surface area contributed by atoms with E-state index in [1.54, 1.807) is 0 Å². The minimum absolute atomic E-state index is 0.141. The summed E-state index contributed by atoms with van der Waals surface area (Å²) in [7, 11) is 0. The molecule has 1 atom stereocenters. The average Bonchev–Trinajstić information content (AvgIpc) is 3.15. The second kappa shape index (κ2) is 4.14. The van der Waals surface area contributed by atoms with Gasteiger partial charge in [-0.2, -0.15) is 0 Å². The summed E-state index contributed by atoms with van der Waals surface area (Å²) in [6, 6.07) is 2.34. The van der Waals surface area contributed by atoms with Gasteiger partial charge in [0, 0.05) is 11.5 Å². The van der Waals surface area contributed by atoms with Crippen LogP contribution in [0.1, 0.15) is 30.9 Å². The van der Waals surface area contributed by atoms with E-state index in [-0.39, 0.29) is 11.5 Å². The summed E-state index contributed by atoms with van der Waals surface area (Å²) in [6.07, 6.45) is 2.33. The molecule has 3 rings (SSSR count). The van der Waals surface area contributed by atoms with Gasteiger partial charge in [-0.05, 0) is 59.8 Å². The lowest BCUT2D eigenvalue weighted by Gasteiger charge is -2.28. The first kappa shape index (κ1) is 12.3. The molecular weight excluding hydrogens is 294 g/mol. The van der Waals surface area contributed by atoms with E-state index in [1.165, 1.54) is 11.1 Å². The predicted octanol–water partition coefficient (Wildman–Crippen LogP) is 2.91. The lowest BCUT2D eigenvalue weighted by molar-refractivity contribution is 0.169. The van der Waals surface area contributed by atoms with Crippen molar-refractivity contribution in [1.29, 1.82) is 0 Å². The van der Waals surface area contributed by atoms with Gasteiger partial charge in [0.1, 0.15) is 13.2 Å². The molecule has 1 aliphatic heterocycles. The molecule has 98 valence electrons. The quantitative estimate of drug-likeness (QED) is 0.913. The van der Waals surface area contributed by atoms with Gasteiger partial charge >= 0.3 is 0 Å². The van der Waals surface area contributed by atoms with Crippen molar-refractivity contribution in [3.8, 4) is 11.5 Å². The smallest absolute Gasteiger partial charge is 0.175 e. The Morgan fingerprint density at radius 2 is 1.89 bits per heavy atom. The third kappa shape index (κ3) is 1.66. The molecule has 0 saturated heterocycles. The highest BCUT2D eigenvalue weighted by atomic mass is 79.9. The summed E-state index contributed by atoms with van der Waals surface area (Å²) in [5, 5.41) is 0. The van der Waals surface area contributed by atoms with Crippen molar-refractivity contribution in [2.75, 3.05) is 13.2 Å². The van der Waals surface area contributed by atoms with Crippen molar-refractivity contribution < 1.29 is 9.47 Å². The molecule has 1 aromatic rings. The van der Waals surface area contributed by atoms with Crippen molar-refractivity contribution in [3.05, 3.63) is 21.7 Å². The molecule has 4 heteroatoms. The van der Waals surface area contributed by atoms with E-state index in [2.05, 4.69) is 35.8 Å².